The Morgan fingerprint density at radius 2 is 1.50 bits per heavy atom. The van der Waals surface area contributed by atoms with Gasteiger partial charge in [-0.05, 0) is 43.5 Å². The van der Waals surface area contributed by atoms with E-state index in [0.29, 0.717) is 42.6 Å². The first kappa shape index (κ1) is 23.4. The standard InChI is InChI=1S/C25H29F2N3O2/c1-5-22-24(32-16-23(26)27)18(3)28-25(29-22)30(14-19-8-6-17(2)7-9-19)15-20-10-12-21(31-4)13-11-20/h6-13,23H,5,14-16H2,1-4H3. The predicted octanol–water partition coefficient (Wildman–Crippen LogP) is 5.52. The number of aromatic nitrogens is 2. The first-order valence-corrected chi connectivity index (χ1v) is 10.6. The summed E-state index contributed by atoms with van der Waals surface area (Å²) in [5, 5.41) is 0. The summed E-state index contributed by atoms with van der Waals surface area (Å²) < 4.78 is 35.9. The van der Waals surface area contributed by atoms with E-state index in [9.17, 15) is 8.78 Å². The molecule has 0 aliphatic heterocycles. The molecule has 0 radical (unpaired) electrons. The summed E-state index contributed by atoms with van der Waals surface area (Å²) >= 11 is 0. The summed E-state index contributed by atoms with van der Waals surface area (Å²) in [6.07, 6.45) is -2.00. The number of nitrogens with zero attached hydrogens (tertiary/aromatic N) is 3. The maximum absolute atomic E-state index is 12.7. The number of hydrogen-bond acceptors (Lipinski definition) is 5. The lowest BCUT2D eigenvalue weighted by Gasteiger charge is -2.25. The molecule has 3 aromatic rings. The van der Waals surface area contributed by atoms with E-state index in [4.69, 9.17) is 14.5 Å². The number of aryl methyl sites for hydroxylation is 3. The molecule has 0 bridgehead atoms. The van der Waals surface area contributed by atoms with Crippen LogP contribution in [0.2, 0.25) is 0 Å². The Morgan fingerprint density at radius 1 is 0.906 bits per heavy atom. The van der Waals surface area contributed by atoms with Crippen LogP contribution in [0.4, 0.5) is 14.7 Å². The molecule has 0 saturated carbocycles. The number of methoxy groups -OCH3 is 1. The lowest BCUT2D eigenvalue weighted by Crippen LogP contribution is -2.25. The van der Waals surface area contributed by atoms with Gasteiger partial charge in [0.25, 0.3) is 6.43 Å². The molecule has 1 aromatic heterocycles. The molecule has 0 fully saturated rings. The van der Waals surface area contributed by atoms with E-state index in [0.717, 1.165) is 16.9 Å². The van der Waals surface area contributed by atoms with Crippen molar-refractivity contribution < 1.29 is 18.3 Å². The zero-order valence-electron chi connectivity index (χ0n) is 18.9. The molecule has 7 heteroatoms. The Labute approximate surface area is 188 Å². The van der Waals surface area contributed by atoms with Gasteiger partial charge in [0.1, 0.15) is 12.4 Å². The number of alkyl halides is 2. The Hall–Kier alpha value is -3.22. The van der Waals surface area contributed by atoms with Gasteiger partial charge in [0.05, 0.1) is 18.5 Å². The summed E-state index contributed by atoms with van der Waals surface area (Å²) in [5.41, 5.74) is 4.57. The lowest BCUT2D eigenvalue weighted by molar-refractivity contribution is 0.0806. The van der Waals surface area contributed by atoms with Crippen molar-refractivity contribution in [1.82, 2.24) is 9.97 Å². The highest BCUT2D eigenvalue weighted by atomic mass is 19.3. The molecule has 0 aliphatic carbocycles. The van der Waals surface area contributed by atoms with Crippen LogP contribution in [0, 0.1) is 13.8 Å². The molecule has 0 N–H and O–H groups in total. The van der Waals surface area contributed by atoms with Gasteiger partial charge in [0, 0.05) is 13.1 Å². The van der Waals surface area contributed by atoms with Gasteiger partial charge in [-0.1, -0.05) is 48.9 Å². The molecule has 32 heavy (non-hydrogen) atoms. The second-order valence-electron chi connectivity index (χ2n) is 7.63. The van der Waals surface area contributed by atoms with Crippen molar-refractivity contribution >= 4 is 5.95 Å². The minimum atomic E-state index is -2.55. The summed E-state index contributed by atoms with van der Waals surface area (Å²) in [6.45, 7) is 6.26. The van der Waals surface area contributed by atoms with Crippen LogP contribution in [-0.2, 0) is 19.5 Å². The fourth-order valence-corrected chi connectivity index (χ4v) is 3.38. The number of benzene rings is 2. The average Bonchev–Trinajstić information content (AvgIpc) is 2.79. The third-order valence-corrected chi connectivity index (χ3v) is 5.09. The highest BCUT2D eigenvalue weighted by molar-refractivity contribution is 5.43. The zero-order valence-corrected chi connectivity index (χ0v) is 18.9. The van der Waals surface area contributed by atoms with E-state index in [2.05, 4.69) is 41.1 Å². The number of anilines is 1. The second kappa shape index (κ2) is 10.9. The third-order valence-electron chi connectivity index (χ3n) is 5.09. The SMILES string of the molecule is CCc1nc(N(Cc2ccc(C)cc2)Cc2ccc(OC)cc2)nc(C)c1OCC(F)F. The van der Waals surface area contributed by atoms with E-state index in [-0.39, 0.29) is 0 Å². The van der Waals surface area contributed by atoms with Gasteiger partial charge in [0.2, 0.25) is 5.95 Å². The number of rotatable bonds is 10. The van der Waals surface area contributed by atoms with Crippen LogP contribution in [-0.4, -0.2) is 30.1 Å². The van der Waals surface area contributed by atoms with Crippen LogP contribution < -0.4 is 14.4 Å². The molecular formula is C25H29F2N3O2. The highest BCUT2D eigenvalue weighted by Gasteiger charge is 2.18. The van der Waals surface area contributed by atoms with E-state index in [1.807, 2.05) is 31.2 Å². The molecule has 3 rings (SSSR count). The fraction of sp³-hybridized carbons (Fsp3) is 0.360. The van der Waals surface area contributed by atoms with Gasteiger partial charge in [-0.3, -0.25) is 0 Å². The normalized spacial score (nSPS) is 11.0. The Bertz CT molecular complexity index is 1010. The van der Waals surface area contributed by atoms with Gasteiger partial charge in [-0.15, -0.1) is 0 Å². The molecule has 1 heterocycles. The average molecular weight is 442 g/mol. The zero-order chi connectivity index (χ0) is 23.1. The van der Waals surface area contributed by atoms with Crippen molar-refractivity contribution in [3.05, 3.63) is 76.6 Å². The van der Waals surface area contributed by atoms with Crippen molar-refractivity contribution in [2.75, 3.05) is 18.6 Å². The van der Waals surface area contributed by atoms with Crippen molar-refractivity contribution in [3.8, 4) is 11.5 Å². The van der Waals surface area contributed by atoms with E-state index in [1.165, 1.54) is 5.56 Å². The maximum Gasteiger partial charge on any atom is 0.272 e. The summed E-state index contributed by atoms with van der Waals surface area (Å²) in [5.74, 6) is 1.68. The van der Waals surface area contributed by atoms with Gasteiger partial charge >= 0.3 is 0 Å². The first-order valence-electron chi connectivity index (χ1n) is 10.6. The number of ether oxygens (including phenoxy) is 2. The van der Waals surface area contributed by atoms with Crippen LogP contribution in [0.25, 0.3) is 0 Å². The third kappa shape index (κ3) is 6.15. The van der Waals surface area contributed by atoms with E-state index in [1.54, 1.807) is 14.0 Å². The van der Waals surface area contributed by atoms with Gasteiger partial charge in [-0.25, -0.2) is 18.7 Å². The minimum absolute atomic E-state index is 0.344. The molecule has 0 amide bonds. The quantitative estimate of drug-likeness (QED) is 0.415. The van der Waals surface area contributed by atoms with Crippen molar-refractivity contribution in [3.63, 3.8) is 0 Å². The summed E-state index contributed by atoms with van der Waals surface area (Å²) in [7, 11) is 1.64. The second-order valence-corrected chi connectivity index (χ2v) is 7.63. The largest absolute Gasteiger partial charge is 0.497 e. The Balaban J connectivity index is 1.95. The van der Waals surface area contributed by atoms with Crippen LogP contribution in [0.15, 0.2) is 48.5 Å². The summed E-state index contributed by atoms with van der Waals surface area (Å²) in [6, 6.07) is 16.2. The molecule has 0 saturated heterocycles. The molecule has 0 unspecified atom stereocenters. The van der Waals surface area contributed by atoms with E-state index < -0.39 is 13.0 Å². The van der Waals surface area contributed by atoms with E-state index >= 15 is 0 Å². The number of hydrogen-bond donors (Lipinski definition) is 0. The van der Waals surface area contributed by atoms with Gasteiger partial charge in [0.15, 0.2) is 5.75 Å². The Morgan fingerprint density at radius 3 is 2.03 bits per heavy atom. The lowest BCUT2D eigenvalue weighted by atomic mass is 10.1. The Kier molecular flexibility index (Phi) is 7.98. The van der Waals surface area contributed by atoms with Crippen molar-refractivity contribution in [2.45, 2.75) is 46.7 Å². The predicted molar refractivity (Wildman–Crippen MR) is 122 cm³/mol. The van der Waals surface area contributed by atoms with Gasteiger partial charge < -0.3 is 14.4 Å². The molecule has 170 valence electrons. The summed E-state index contributed by atoms with van der Waals surface area (Å²) in [4.78, 5) is 11.4. The topological polar surface area (TPSA) is 47.5 Å². The van der Waals surface area contributed by atoms with Gasteiger partial charge in [-0.2, -0.15) is 0 Å². The molecular weight excluding hydrogens is 412 g/mol. The number of halogens is 2. The molecule has 5 nitrogen and oxygen atoms in total. The van der Waals surface area contributed by atoms with Crippen LogP contribution in [0.3, 0.4) is 0 Å². The maximum atomic E-state index is 12.7. The molecule has 0 aliphatic rings. The van der Waals surface area contributed by atoms with Crippen LogP contribution in [0.1, 0.15) is 35.0 Å². The molecule has 0 atom stereocenters. The fourth-order valence-electron chi connectivity index (χ4n) is 3.38. The smallest absolute Gasteiger partial charge is 0.272 e. The molecule has 0 spiro atoms. The minimum Gasteiger partial charge on any atom is -0.497 e. The van der Waals surface area contributed by atoms with Crippen LogP contribution in [0.5, 0.6) is 11.5 Å². The van der Waals surface area contributed by atoms with Crippen LogP contribution >= 0.6 is 0 Å². The molecule has 2 aromatic carbocycles. The highest BCUT2D eigenvalue weighted by Crippen LogP contribution is 2.27. The monoisotopic (exact) mass is 441 g/mol. The van der Waals surface area contributed by atoms with Crippen molar-refractivity contribution in [2.24, 2.45) is 0 Å². The first-order chi connectivity index (χ1) is 15.4. The van der Waals surface area contributed by atoms with Crippen molar-refractivity contribution in [1.29, 1.82) is 0 Å².